The van der Waals surface area contributed by atoms with Crippen LogP contribution in [0.15, 0.2) is 24.3 Å². The first-order valence-electron chi connectivity index (χ1n) is 6.05. The Hall–Kier alpha value is -0.360. The molecule has 2 rings (SSSR count). The molecule has 106 valence electrons. The molecule has 1 aliphatic rings. The van der Waals surface area contributed by atoms with Gasteiger partial charge in [0.05, 0.1) is 4.58 Å². The molecule has 1 aromatic carbocycles. The van der Waals surface area contributed by atoms with Gasteiger partial charge < -0.3 is 11.1 Å². The van der Waals surface area contributed by atoms with Crippen molar-refractivity contribution in [3.63, 3.8) is 0 Å². The van der Waals surface area contributed by atoms with Gasteiger partial charge in [0, 0.05) is 29.7 Å². The maximum Gasteiger partial charge on any atom is 0.228 e. The Balaban J connectivity index is 0.00000180. The molecule has 1 aromatic rings. The van der Waals surface area contributed by atoms with Crippen LogP contribution >= 0.6 is 35.9 Å². The monoisotopic (exact) mass is 318 g/mol. The molecule has 1 unspecified atom stereocenters. The van der Waals surface area contributed by atoms with Crippen LogP contribution in [-0.2, 0) is 4.79 Å². The summed E-state index contributed by atoms with van der Waals surface area (Å²) in [5.41, 5.74) is 7.63. The SMILES string of the molecule is CC(CN)C(=O)Nc1cccc(C2SCCS2)c1.Cl. The fourth-order valence-electron chi connectivity index (χ4n) is 1.69. The number of halogens is 1. The number of hydrogen-bond acceptors (Lipinski definition) is 4. The van der Waals surface area contributed by atoms with E-state index in [0.29, 0.717) is 11.1 Å². The second-order valence-electron chi connectivity index (χ2n) is 4.32. The fourth-order valence-corrected chi connectivity index (χ4v) is 4.52. The van der Waals surface area contributed by atoms with Gasteiger partial charge in [-0.1, -0.05) is 19.1 Å². The summed E-state index contributed by atoms with van der Waals surface area (Å²) in [5, 5.41) is 2.92. The second kappa shape index (κ2) is 8.04. The number of carbonyl (C=O) groups excluding carboxylic acids is 1. The van der Waals surface area contributed by atoms with Crippen LogP contribution in [0.3, 0.4) is 0 Å². The molecule has 19 heavy (non-hydrogen) atoms. The number of nitrogens with one attached hydrogen (secondary N) is 1. The van der Waals surface area contributed by atoms with Crippen molar-refractivity contribution in [2.45, 2.75) is 11.5 Å². The van der Waals surface area contributed by atoms with Gasteiger partial charge in [0.1, 0.15) is 0 Å². The Morgan fingerprint density at radius 2 is 2.16 bits per heavy atom. The largest absolute Gasteiger partial charge is 0.330 e. The van der Waals surface area contributed by atoms with E-state index in [0.717, 1.165) is 5.69 Å². The molecule has 1 atom stereocenters. The van der Waals surface area contributed by atoms with Crippen LogP contribution in [0.5, 0.6) is 0 Å². The average Bonchev–Trinajstić information content (AvgIpc) is 2.92. The molecule has 0 bridgehead atoms. The molecule has 0 radical (unpaired) electrons. The van der Waals surface area contributed by atoms with E-state index in [-0.39, 0.29) is 24.2 Å². The molecule has 0 aromatic heterocycles. The molecule has 3 N–H and O–H groups in total. The van der Waals surface area contributed by atoms with E-state index in [1.165, 1.54) is 17.1 Å². The summed E-state index contributed by atoms with van der Waals surface area (Å²) >= 11 is 3.93. The molecule has 6 heteroatoms. The van der Waals surface area contributed by atoms with Gasteiger partial charge in [0.25, 0.3) is 0 Å². The van der Waals surface area contributed by atoms with Gasteiger partial charge in [-0.3, -0.25) is 4.79 Å². The minimum atomic E-state index is -0.149. The Kier molecular flexibility index (Phi) is 7.07. The number of nitrogens with two attached hydrogens (primary N) is 1. The lowest BCUT2D eigenvalue weighted by Gasteiger charge is -2.13. The number of benzene rings is 1. The van der Waals surface area contributed by atoms with Gasteiger partial charge >= 0.3 is 0 Å². The minimum absolute atomic E-state index is 0. The van der Waals surface area contributed by atoms with Crippen LogP contribution in [0.1, 0.15) is 17.1 Å². The zero-order valence-corrected chi connectivity index (χ0v) is 13.2. The zero-order valence-electron chi connectivity index (χ0n) is 10.8. The molecule has 1 saturated heterocycles. The van der Waals surface area contributed by atoms with Crippen LogP contribution in [-0.4, -0.2) is 24.0 Å². The maximum atomic E-state index is 11.8. The number of thioether (sulfide) groups is 2. The third-order valence-electron chi connectivity index (χ3n) is 2.85. The second-order valence-corrected chi connectivity index (χ2v) is 7.05. The summed E-state index contributed by atoms with van der Waals surface area (Å²) in [6.45, 7) is 2.21. The summed E-state index contributed by atoms with van der Waals surface area (Å²) in [7, 11) is 0. The van der Waals surface area contributed by atoms with E-state index in [2.05, 4.69) is 17.4 Å². The van der Waals surface area contributed by atoms with Gasteiger partial charge in [-0.2, -0.15) is 0 Å². The molecule has 0 saturated carbocycles. The van der Waals surface area contributed by atoms with Crippen molar-refractivity contribution in [1.82, 2.24) is 0 Å². The lowest BCUT2D eigenvalue weighted by Crippen LogP contribution is -2.26. The highest BCUT2D eigenvalue weighted by Gasteiger charge is 2.18. The Bertz CT molecular complexity index is 425. The smallest absolute Gasteiger partial charge is 0.228 e. The predicted octanol–water partition coefficient (Wildman–Crippen LogP) is 3.12. The number of anilines is 1. The first kappa shape index (κ1) is 16.7. The Morgan fingerprint density at radius 1 is 1.47 bits per heavy atom. The van der Waals surface area contributed by atoms with Gasteiger partial charge in [0.15, 0.2) is 0 Å². The van der Waals surface area contributed by atoms with E-state index in [1.54, 1.807) is 0 Å². The van der Waals surface area contributed by atoms with Crippen LogP contribution in [0.25, 0.3) is 0 Å². The summed E-state index contributed by atoms with van der Waals surface area (Å²) in [6, 6.07) is 8.11. The first-order chi connectivity index (χ1) is 8.70. The molecule has 1 amide bonds. The highest BCUT2D eigenvalue weighted by molar-refractivity contribution is 8.19. The highest BCUT2D eigenvalue weighted by Crippen LogP contribution is 2.45. The number of carbonyl (C=O) groups is 1. The van der Waals surface area contributed by atoms with Crippen LogP contribution in [0.4, 0.5) is 5.69 Å². The van der Waals surface area contributed by atoms with Crippen molar-refractivity contribution in [2.24, 2.45) is 11.7 Å². The number of rotatable bonds is 4. The average molecular weight is 319 g/mol. The fraction of sp³-hybridized carbons (Fsp3) is 0.462. The van der Waals surface area contributed by atoms with E-state index in [4.69, 9.17) is 5.73 Å². The minimum Gasteiger partial charge on any atom is -0.330 e. The standard InChI is InChI=1S/C13H18N2OS2.ClH/c1-9(8-14)12(16)15-11-4-2-3-10(7-11)13-17-5-6-18-13;/h2-4,7,9,13H,5-6,8,14H2,1H3,(H,15,16);1H. The van der Waals surface area contributed by atoms with E-state index < -0.39 is 0 Å². The maximum absolute atomic E-state index is 11.8. The third-order valence-corrected chi connectivity index (χ3v) is 5.95. The summed E-state index contributed by atoms with van der Waals surface area (Å²) in [4.78, 5) is 11.8. The van der Waals surface area contributed by atoms with Crippen molar-refractivity contribution in [1.29, 1.82) is 0 Å². The molecule has 1 fully saturated rings. The number of hydrogen-bond donors (Lipinski definition) is 2. The zero-order chi connectivity index (χ0) is 13.0. The topological polar surface area (TPSA) is 55.1 Å². The summed E-state index contributed by atoms with van der Waals surface area (Å²) < 4.78 is 0.508. The van der Waals surface area contributed by atoms with Gasteiger partial charge in [-0.05, 0) is 17.7 Å². The molecule has 1 aliphatic heterocycles. The van der Waals surface area contributed by atoms with E-state index in [9.17, 15) is 4.79 Å². The molecular formula is C13H19ClN2OS2. The van der Waals surface area contributed by atoms with Crippen LogP contribution < -0.4 is 11.1 Å². The van der Waals surface area contributed by atoms with Crippen LogP contribution in [0.2, 0.25) is 0 Å². The predicted molar refractivity (Wildman–Crippen MR) is 88.2 cm³/mol. The third kappa shape index (κ3) is 4.60. The van der Waals surface area contributed by atoms with Crippen molar-refractivity contribution < 1.29 is 4.79 Å². The number of amides is 1. The van der Waals surface area contributed by atoms with Gasteiger partial charge in [-0.25, -0.2) is 0 Å². The lowest BCUT2D eigenvalue weighted by molar-refractivity contribution is -0.119. The normalized spacial score (nSPS) is 16.7. The molecule has 0 aliphatic carbocycles. The lowest BCUT2D eigenvalue weighted by atomic mass is 10.1. The van der Waals surface area contributed by atoms with Crippen molar-refractivity contribution >= 4 is 47.5 Å². The Morgan fingerprint density at radius 3 is 2.79 bits per heavy atom. The Labute approximate surface area is 128 Å². The van der Waals surface area contributed by atoms with Gasteiger partial charge in [-0.15, -0.1) is 35.9 Å². The quantitative estimate of drug-likeness (QED) is 0.895. The van der Waals surface area contributed by atoms with Crippen molar-refractivity contribution in [2.75, 3.05) is 23.4 Å². The van der Waals surface area contributed by atoms with Crippen molar-refractivity contribution in [3.8, 4) is 0 Å². The highest BCUT2D eigenvalue weighted by atomic mass is 35.5. The molecule has 1 heterocycles. The van der Waals surface area contributed by atoms with Crippen molar-refractivity contribution in [3.05, 3.63) is 29.8 Å². The van der Waals surface area contributed by atoms with E-state index in [1.807, 2.05) is 42.6 Å². The van der Waals surface area contributed by atoms with Crippen LogP contribution in [0, 0.1) is 5.92 Å². The molecule has 3 nitrogen and oxygen atoms in total. The molecule has 0 spiro atoms. The molecular weight excluding hydrogens is 300 g/mol. The first-order valence-corrected chi connectivity index (χ1v) is 8.14. The van der Waals surface area contributed by atoms with E-state index >= 15 is 0 Å². The summed E-state index contributed by atoms with van der Waals surface area (Å²) in [5.74, 6) is 2.25. The summed E-state index contributed by atoms with van der Waals surface area (Å²) in [6.07, 6.45) is 0. The van der Waals surface area contributed by atoms with Gasteiger partial charge in [0.2, 0.25) is 5.91 Å².